The van der Waals surface area contributed by atoms with Crippen molar-refractivity contribution >= 4 is 11.6 Å². The van der Waals surface area contributed by atoms with Crippen LogP contribution in [0.3, 0.4) is 0 Å². The van der Waals surface area contributed by atoms with Gasteiger partial charge in [0.05, 0.1) is 6.61 Å². The Hall–Kier alpha value is -1.39. The maximum atomic E-state index is 11.6. The lowest BCUT2D eigenvalue weighted by molar-refractivity contribution is -0.118. The molecule has 0 aromatic heterocycles. The van der Waals surface area contributed by atoms with E-state index >= 15 is 0 Å². The minimum atomic E-state index is -0.883. The Bertz CT molecular complexity index is 436. The third-order valence-corrected chi connectivity index (χ3v) is 2.88. The first-order valence-electron chi connectivity index (χ1n) is 6.04. The number of carbonyl (C=O) groups is 1. The van der Waals surface area contributed by atoms with E-state index in [1.54, 1.807) is 0 Å². The molecular formula is C14H22N2O2. The van der Waals surface area contributed by atoms with Crippen molar-refractivity contribution in [3.8, 4) is 0 Å². The zero-order valence-electron chi connectivity index (χ0n) is 11.4. The van der Waals surface area contributed by atoms with E-state index in [0.717, 1.165) is 11.3 Å². The van der Waals surface area contributed by atoms with Crippen LogP contribution >= 0.6 is 0 Å². The van der Waals surface area contributed by atoms with E-state index in [1.165, 1.54) is 5.56 Å². The van der Waals surface area contributed by atoms with E-state index in [-0.39, 0.29) is 17.9 Å². The molecule has 1 unspecified atom stereocenters. The monoisotopic (exact) mass is 250 g/mol. The molecule has 18 heavy (non-hydrogen) atoms. The lowest BCUT2D eigenvalue weighted by Gasteiger charge is -2.21. The number of benzene rings is 1. The van der Waals surface area contributed by atoms with Crippen LogP contribution in [0.5, 0.6) is 0 Å². The van der Waals surface area contributed by atoms with Crippen LogP contribution < -0.4 is 11.1 Å². The number of hydrogen-bond donors (Lipinski definition) is 3. The second kappa shape index (κ2) is 5.50. The minimum Gasteiger partial charge on any atom is -0.394 e. The molecule has 1 amide bonds. The Kier molecular flexibility index (Phi) is 4.48. The molecule has 0 heterocycles. The summed E-state index contributed by atoms with van der Waals surface area (Å²) in [5, 5.41) is 11.5. The molecule has 4 N–H and O–H groups in total. The molecule has 0 bridgehead atoms. The molecule has 0 fully saturated rings. The van der Waals surface area contributed by atoms with Gasteiger partial charge in [0.1, 0.15) is 6.04 Å². The van der Waals surface area contributed by atoms with E-state index in [4.69, 9.17) is 10.8 Å². The molecule has 4 heteroatoms. The predicted octanol–water partition coefficient (Wildman–Crippen LogP) is 1.55. The summed E-state index contributed by atoms with van der Waals surface area (Å²) >= 11 is 0. The summed E-state index contributed by atoms with van der Waals surface area (Å²) in [7, 11) is 0. The van der Waals surface area contributed by atoms with Crippen molar-refractivity contribution in [2.45, 2.75) is 39.2 Å². The van der Waals surface area contributed by atoms with Crippen molar-refractivity contribution in [1.29, 1.82) is 0 Å². The molecule has 0 spiro atoms. The second-order valence-electron chi connectivity index (χ2n) is 5.56. The highest BCUT2D eigenvalue weighted by molar-refractivity contribution is 5.95. The zero-order valence-corrected chi connectivity index (χ0v) is 11.4. The SMILES string of the molecule is Cc1cc(C(C)(C)C)ccc1NC(=O)C(N)CO. The molecule has 1 rings (SSSR count). The number of aliphatic hydroxyl groups is 1. The van der Waals surface area contributed by atoms with E-state index in [9.17, 15) is 4.79 Å². The molecule has 1 aromatic carbocycles. The van der Waals surface area contributed by atoms with Crippen LogP contribution in [-0.2, 0) is 10.2 Å². The van der Waals surface area contributed by atoms with Gasteiger partial charge >= 0.3 is 0 Å². The van der Waals surface area contributed by atoms with E-state index in [0.29, 0.717) is 0 Å². The normalized spacial score (nSPS) is 13.2. The predicted molar refractivity (Wildman–Crippen MR) is 73.6 cm³/mol. The van der Waals surface area contributed by atoms with Gasteiger partial charge < -0.3 is 16.2 Å². The minimum absolute atomic E-state index is 0.0782. The van der Waals surface area contributed by atoms with Gasteiger partial charge in [0.15, 0.2) is 0 Å². The first-order chi connectivity index (χ1) is 8.25. The molecule has 1 aromatic rings. The van der Waals surface area contributed by atoms with E-state index in [2.05, 4.69) is 32.2 Å². The third-order valence-electron chi connectivity index (χ3n) is 2.88. The molecule has 4 nitrogen and oxygen atoms in total. The lowest BCUT2D eigenvalue weighted by atomic mass is 9.86. The molecule has 0 aliphatic carbocycles. The maximum Gasteiger partial charge on any atom is 0.243 e. The van der Waals surface area contributed by atoms with Crippen molar-refractivity contribution in [1.82, 2.24) is 0 Å². The molecule has 0 aliphatic heterocycles. The topological polar surface area (TPSA) is 75.4 Å². The van der Waals surface area contributed by atoms with Crippen LogP contribution in [0.1, 0.15) is 31.9 Å². The van der Waals surface area contributed by atoms with Gasteiger partial charge in [0, 0.05) is 5.69 Å². The van der Waals surface area contributed by atoms with Gasteiger partial charge in [-0.2, -0.15) is 0 Å². The molecule has 0 saturated carbocycles. The number of amides is 1. The number of aliphatic hydroxyl groups excluding tert-OH is 1. The maximum absolute atomic E-state index is 11.6. The van der Waals surface area contributed by atoms with Crippen molar-refractivity contribution in [2.75, 3.05) is 11.9 Å². The standard InChI is InChI=1S/C14H22N2O2/c1-9-7-10(14(2,3)4)5-6-12(9)16-13(18)11(15)8-17/h5-7,11,17H,8,15H2,1-4H3,(H,16,18). The summed E-state index contributed by atoms with van der Waals surface area (Å²) in [5.74, 6) is -0.371. The molecule has 1 atom stereocenters. The first kappa shape index (κ1) is 14.7. The van der Waals surface area contributed by atoms with Gasteiger partial charge in [-0.25, -0.2) is 0 Å². The van der Waals surface area contributed by atoms with Gasteiger partial charge in [0.25, 0.3) is 0 Å². The van der Waals surface area contributed by atoms with E-state index < -0.39 is 6.04 Å². The highest BCUT2D eigenvalue weighted by Crippen LogP contribution is 2.26. The highest BCUT2D eigenvalue weighted by atomic mass is 16.3. The number of nitrogens with one attached hydrogen (secondary N) is 1. The number of anilines is 1. The molecule has 0 saturated heterocycles. The number of hydrogen-bond acceptors (Lipinski definition) is 3. The van der Waals surface area contributed by atoms with Crippen LogP contribution in [0.2, 0.25) is 0 Å². The summed E-state index contributed by atoms with van der Waals surface area (Å²) in [5.41, 5.74) is 8.46. The van der Waals surface area contributed by atoms with Crippen LogP contribution in [0.15, 0.2) is 18.2 Å². The van der Waals surface area contributed by atoms with Crippen molar-refractivity contribution in [3.63, 3.8) is 0 Å². The number of nitrogens with two attached hydrogens (primary N) is 1. The zero-order chi connectivity index (χ0) is 13.9. The summed E-state index contributed by atoms with van der Waals surface area (Å²) in [6.07, 6.45) is 0. The summed E-state index contributed by atoms with van der Waals surface area (Å²) in [4.78, 5) is 11.6. The van der Waals surface area contributed by atoms with Crippen molar-refractivity contribution in [2.24, 2.45) is 5.73 Å². The first-order valence-corrected chi connectivity index (χ1v) is 6.04. The number of carbonyl (C=O) groups excluding carboxylic acids is 1. The Morgan fingerprint density at radius 3 is 2.50 bits per heavy atom. The molecule has 0 aliphatic rings. The lowest BCUT2D eigenvalue weighted by Crippen LogP contribution is -2.38. The summed E-state index contributed by atoms with van der Waals surface area (Å²) in [6, 6.07) is 5.04. The van der Waals surface area contributed by atoms with Gasteiger partial charge in [-0.3, -0.25) is 4.79 Å². The summed E-state index contributed by atoms with van der Waals surface area (Å²) in [6.45, 7) is 8.01. The Morgan fingerprint density at radius 1 is 1.44 bits per heavy atom. The van der Waals surface area contributed by atoms with E-state index in [1.807, 2.05) is 19.1 Å². The fourth-order valence-electron chi connectivity index (χ4n) is 1.58. The largest absolute Gasteiger partial charge is 0.394 e. The quantitative estimate of drug-likeness (QED) is 0.762. The van der Waals surface area contributed by atoms with Gasteiger partial charge in [-0.05, 0) is 29.5 Å². The molecule has 0 radical (unpaired) electrons. The smallest absolute Gasteiger partial charge is 0.243 e. The second-order valence-corrected chi connectivity index (χ2v) is 5.56. The van der Waals surface area contributed by atoms with Crippen LogP contribution in [0.4, 0.5) is 5.69 Å². The van der Waals surface area contributed by atoms with Crippen molar-refractivity contribution in [3.05, 3.63) is 29.3 Å². The number of rotatable bonds is 3. The fourth-order valence-corrected chi connectivity index (χ4v) is 1.58. The van der Waals surface area contributed by atoms with Crippen LogP contribution in [-0.4, -0.2) is 23.7 Å². The Morgan fingerprint density at radius 2 is 2.06 bits per heavy atom. The average molecular weight is 250 g/mol. The fraction of sp³-hybridized carbons (Fsp3) is 0.500. The molecule has 100 valence electrons. The average Bonchev–Trinajstić information content (AvgIpc) is 2.29. The van der Waals surface area contributed by atoms with Gasteiger partial charge in [-0.1, -0.05) is 32.9 Å². The third kappa shape index (κ3) is 3.55. The van der Waals surface area contributed by atoms with Crippen molar-refractivity contribution < 1.29 is 9.90 Å². The highest BCUT2D eigenvalue weighted by Gasteiger charge is 2.16. The Balaban J connectivity index is 2.90. The van der Waals surface area contributed by atoms with Crippen LogP contribution in [0, 0.1) is 6.92 Å². The number of aryl methyl sites for hydroxylation is 1. The summed E-state index contributed by atoms with van der Waals surface area (Å²) < 4.78 is 0. The Labute approximate surface area is 108 Å². The van der Waals surface area contributed by atoms with Gasteiger partial charge in [-0.15, -0.1) is 0 Å². The molecular weight excluding hydrogens is 228 g/mol. The van der Waals surface area contributed by atoms with Gasteiger partial charge in [0.2, 0.25) is 5.91 Å². The van der Waals surface area contributed by atoms with Crippen LogP contribution in [0.25, 0.3) is 0 Å².